The van der Waals surface area contributed by atoms with Crippen LogP contribution in [0.4, 0.5) is 13.2 Å². The number of aromatic nitrogens is 1. The molecule has 1 aromatic heterocycles. The van der Waals surface area contributed by atoms with Gasteiger partial charge in [0.05, 0.1) is 6.54 Å². The molecule has 0 amide bonds. The summed E-state index contributed by atoms with van der Waals surface area (Å²) in [6.07, 6.45) is -2.00. The van der Waals surface area contributed by atoms with E-state index in [1.165, 1.54) is 0 Å². The van der Waals surface area contributed by atoms with Crippen LogP contribution in [0.1, 0.15) is 23.2 Å². The van der Waals surface area contributed by atoms with E-state index in [0.717, 1.165) is 9.88 Å². The largest absolute Gasteiger partial charge is 0.411 e. The predicted octanol–water partition coefficient (Wildman–Crippen LogP) is 3.09. The molecule has 134 valence electrons. The average Bonchev–Trinajstić information content (AvgIpc) is 2.84. The van der Waals surface area contributed by atoms with Gasteiger partial charge in [-0.15, -0.1) is 35.3 Å². The lowest BCUT2D eigenvalue weighted by molar-refractivity contribution is -0.173. The van der Waals surface area contributed by atoms with Crippen LogP contribution in [0.2, 0.25) is 0 Å². The van der Waals surface area contributed by atoms with Crippen LogP contribution in [0.5, 0.6) is 0 Å². The van der Waals surface area contributed by atoms with Crippen LogP contribution in [-0.4, -0.2) is 43.4 Å². The third-order valence-electron chi connectivity index (χ3n) is 2.41. The highest BCUT2D eigenvalue weighted by Crippen LogP contribution is 2.14. The lowest BCUT2D eigenvalue weighted by Gasteiger charge is -2.11. The van der Waals surface area contributed by atoms with Gasteiger partial charge in [-0.05, 0) is 20.3 Å². The molecule has 0 unspecified atom stereocenters. The van der Waals surface area contributed by atoms with Crippen molar-refractivity contribution in [3.63, 3.8) is 0 Å². The summed E-state index contributed by atoms with van der Waals surface area (Å²) in [5, 5.41) is 7.04. The minimum atomic E-state index is -4.27. The molecule has 5 nitrogen and oxygen atoms in total. The molecule has 1 rings (SSSR count). The number of hydrogen-bond donors (Lipinski definition) is 2. The molecule has 0 aliphatic rings. The van der Waals surface area contributed by atoms with Gasteiger partial charge in [-0.2, -0.15) is 13.2 Å². The third-order valence-corrected chi connectivity index (χ3v) is 3.31. The van der Waals surface area contributed by atoms with Crippen LogP contribution >= 0.6 is 35.3 Å². The Morgan fingerprint density at radius 3 is 2.70 bits per heavy atom. The fourth-order valence-electron chi connectivity index (χ4n) is 1.53. The van der Waals surface area contributed by atoms with Crippen LogP contribution in [-0.2, 0) is 11.3 Å². The molecule has 0 aromatic carbocycles. The predicted molar refractivity (Wildman–Crippen MR) is 96.6 cm³/mol. The second kappa shape index (κ2) is 11.8. The number of nitrogens with zero attached hydrogens (tertiary/aromatic N) is 2. The zero-order valence-corrected chi connectivity index (χ0v) is 16.2. The van der Waals surface area contributed by atoms with Gasteiger partial charge in [0.1, 0.15) is 11.6 Å². The zero-order valence-electron chi connectivity index (χ0n) is 13.1. The number of nitrogens with one attached hydrogen (secondary N) is 2. The number of guanidine groups is 1. The third kappa shape index (κ3) is 11.5. The number of rotatable bonds is 8. The molecule has 0 aliphatic heterocycles. The summed E-state index contributed by atoms with van der Waals surface area (Å²) in [4.78, 5) is 9.73. The maximum Gasteiger partial charge on any atom is 0.411 e. The maximum atomic E-state index is 11.9. The second-order valence-corrected chi connectivity index (χ2v) is 5.83. The van der Waals surface area contributed by atoms with Crippen molar-refractivity contribution in [3.8, 4) is 0 Å². The van der Waals surface area contributed by atoms with Crippen molar-refractivity contribution in [1.82, 2.24) is 15.6 Å². The van der Waals surface area contributed by atoms with E-state index in [2.05, 4.69) is 25.3 Å². The van der Waals surface area contributed by atoms with E-state index in [4.69, 9.17) is 0 Å². The second-order valence-electron chi connectivity index (χ2n) is 4.51. The number of alkyl halides is 3. The van der Waals surface area contributed by atoms with Crippen LogP contribution in [0.3, 0.4) is 0 Å². The molecule has 1 aromatic rings. The number of halogens is 4. The molecule has 0 aliphatic carbocycles. The van der Waals surface area contributed by atoms with Gasteiger partial charge in [0.15, 0.2) is 5.96 Å². The highest BCUT2D eigenvalue weighted by atomic mass is 127. The normalized spacial score (nSPS) is 12.0. The van der Waals surface area contributed by atoms with Crippen molar-refractivity contribution in [1.29, 1.82) is 0 Å². The van der Waals surface area contributed by atoms with Crippen LogP contribution in [0.25, 0.3) is 0 Å². The van der Waals surface area contributed by atoms with E-state index in [-0.39, 0.29) is 30.6 Å². The molecular weight excluding hydrogens is 444 g/mol. The van der Waals surface area contributed by atoms with Crippen molar-refractivity contribution in [3.05, 3.63) is 16.1 Å². The van der Waals surface area contributed by atoms with Gasteiger partial charge in [0.25, 0.3) is 0 Å². The monoisotopic (exact) mass is 466 g/mol. The fraction of sp³-hybridized carbons (Fsp3) is 0.692. The Labute approximate surface area is 155 Å². The number of hydrogen-bond acceptors (Lipinski definition) is 4. The number of thiazole rings is 1. The Kier molecular flexibility index (Phi) is 11.5. The van der Waals surface area contributed by atoms with E-state index in [0.29, 0.717) is 32.0 Å². The van der Waals surface area contributed by atoms with Gasteiger partial charge in [0, 0.05) is 30.8 Å². The Hall–Kier alpha value is -0.620. The average molecular weight is 466 g/mol. The summed E-state index contributed by atoms with van der Waals surface area (Å²) in [5.41, 5.74) is 0. The molecule has 0 saturated carbocycles. The lowest BCUT2D eigenvalue weighted by Crippen LogP contribution is -2.38. The van der Waals surface area contributed by atoms with Gasteiger partial charge < -0.3 is 15.4 Å². The molecule has 1 heterocycles. The SMILES string of the molecule is CCNC(=NCc1ncc(C)s1)NCCCOCC(F)(F)F.I. The van der Waals surface area contributed by atoms with Crippen molar-refractivity contribution >= 4 is 41.3 Å². The lowest BCUT2D eigenvalue weighted by atomic mass is 10.4. The smallest absolute Gasteiger partial charge is 0.372 e. The van der Waals surface area contributed by atoms with Gasteiger partial charge in [-0.1, -0.05) is 0 Å². The van der Waals surface area contributed by atoms with Crippen LogP contribution < -0.4 is 10.6 Å². The molecule has 0 bridgehead atoms. The summed E-state index contributed by atoms with van der Waals surface area (Å²) in [5.74, 6) is 0.617. The van der Waals surface area contributed by atoms with Gasteiger partial charge in [-0.25, -0.2) is 9.98 Å². The standard InChI is InChI=1S/C13H21F3N4OS.HI/c1-3-17-12(20-8-11-19-7-10(2)22-11)18-5-4-6-21-9-13(14,15)16;/h7H,3-6,8-9H2,1-2H3,(H2,17,18,20);1H. The van der Waals surface area contributed by atoms with E-state index >= 15 is 0 Å². The molecule has 0 radical (unpaired) electrons. The van der Waals surface area contributed by atoms with Gasteiger partial charge in [0.2, 0.25) is 0 Å². The zero-order chi connectivity index (χ0) is 16.4. The molecule has 0 spiro atoms. The summed E-state index contributed by atoms with van der Waals surface area (Å²) in [7, 11) is 0. The number of aryl methyl sites for hydroxylation is 1. The Morgan fingerprint density at radius 2 is 2.13 bits per heavy atom. The van der Waals surface area contributed by atoms with Crippen molar-refractivity contribution in [2.75, 3.05) is 26.3 Å². The summed E-state index contributed by atoms with van der Waals surface area (Å²) < 4.78 is 40.2. The van der Waals surface area contributed by atoms with E-state index in [9.17, 15) is 13.2 Å². The molecule has 2 N–H and O–H groups in total. The van der Waals surface area contributed by atoms with E-state index in [1.807, 2.05) is 13.8 Å². The topological polar surface area (TPSA) is 58.5 Å². The Balaban J connectivity index is 0.00000484. The summed E-state index contributed by atoms with van der Waals surface area (Å²) in [6, 6.07) is 0. The number of aliphatic imine (C=N–C) groups is 1. The Bertz CT molecular complexity index is 468. The number of ether oxygens (including phenoxy) is 1. The maximum absolute atomic E-state index is 11.9. The molecular formula is C13H22F3IN4OS. The quantitative estimate of drug-likeness (QED) is 0.268. The highest BCUT2D eigenvalue weighted by molar-refractivity contribution is 14.0. The minimum Gasteiger partial charge on any atom is -0.372 e. The van der Waals surface area contributed by atoms with Crippen molar-refractivity contribution in [2.45, 2.75) is 33.0 Å². The molecule has 0 saturated heterocycles. The van der Waals surface area contributed by atoms with Crippen LogP contribution in [0, 0.1) is 6.92 Å². The van der Waals surface area contributed by atoms with E-state index < -0.39 is 12.8 Å². The Morgan fingerprint density at radius 1 is 1.39 bits per heavy atom. The van der Waals surface area contributed by atoms with Gasteiger partial charge in [-0.3, -0.25) is 0 Å². The first kappa shape index (κ1) is 22.4. The van der Waals surface area contributed by atoms with Crippen molar-refractivity contribution < 1.29 is 17.9 Å². The first-order valence-electron chi connectivity index (χ1n) is 6.98. The molecule has 0 atom stereocenters. The van der Waals surface area contributed by atoms with Crippen LogP contribution in [0.15, 0.2) is 11.2 Å². The molecule has 23 heavy (non-hydrogen) atoms. The molecule has 0 fully saturated rings. The minimum absolute atomic E-state index is 0. The molecule has 10 heteroatoms. The first-order chi connectivity index (χ1) is 10.4. The highest BCUT2D eigenvalue weighted by Gasteiger charge is 2.27. The fourth-order valence-corrected chi connectivity index (χ4v) is 2.24. The summed E-state index contributed by atoms with van der Waals surface area (Å²) in [6.45, 7) is 4.43. The first-order valence-corrected chi connectivity index (χ1v) is 7.80. The van der Waals surface area contributed by atoms with E-state index in [1.54, 1.807) is 17.5 Å². The van der Waals surface area contributed by atoms with Crippen molar-refractivity contribution in [2.24, 2.45) is 4.99 Å². The summed E-state index contributed by atoms with van der Waals surface area (Å²) >= 11 is 1.58. The van der Waals surface area contributed by atoms with Gasteiger partial charge >= 0.3 is 6.18 Å².